The molecule has 19 heavy (non-hydrogen) atoms. The van der Waals surface area contributed by atoms with Crippen LogP contribution in [0.25, 0.3) is 10.9 Å². The SMILES string of the molecule is COC(=O)c1cc2cccc(OCC(N)=O)c2n1C. The molecule has 0 atom stereocenters. The van der Waals surface area contributed by atoms with Crippen molar-refractivity contribution in [3.05, 3.63) is 30.0 Å². The maximum absolute atomic E-state index is 11.6. The Morgan fingerprint density at radius 1 is 1.37 bits per heavy atom. The summed E-state index contributed by atoms with van der Waals surface area (Å²) >= 11 is 0. The van der Waals surface area contributed by atoms with Crippen LogP contribution in [0.3, 0.4) is 0 Å². The molecular formula is C13H14N2O4. The minimum absolute atomic E-state index is 0.210. The monoisotopic (exact) mass is 262 g/mol. The summed E-state index contributed by atoms with van der Waals surface area (Å²) in [6.07, 6.45) is 0. The Balaban J connectivity index is 2.51. The second kappa shape index (κ2) is 5.01. The molecular weight excluding hydrogens is 248 g/mol. The summed E-state index contributed by atoms with van der Waals surface area (Å²) in [6.45, 7) is -0.210. The number of aryl methyl sites for hydroxylation is 1. The third kappa shape index (κ3) is 2.37. The first-order chi connectivity index (χ1) is 9.04. The zero-order chi connectivity index (χ0) is 14.0. The van der Waals surface area contributed by atoms with Gasteiger partial charge in [0.2, 0.25) is 0 Å². The molecule has 0 saturated heterocycles. The van der Waals surface area contributed by atoms with Gasteiger partial charge in [0.1, 0.15) is 11.4 Å². The van der Waals surface area contributed by atoms with Crippen LogP contribution in [0.1, 0.15) is 10.5 Å². The van der Waals surface area contributed by atoms with Crippen molar-refractivity contribution in [2.75, 3.05) is 13.7 Å². The van der Waals surface area contributed by atoms with Gasteiger partial charge in [0.05, 0.1) is 12.6 Å². The quantitative estimate of drug-likeness (QED) is 0.827. The number of fused-ring (bicyclic) bond motifs is 1. The molecule has 100 valence electrons. The molecule has 1 aromatic heterocycles. The van der Waals surface area contributed by atoms with Crippen LogP contribution < -0.4 is 10.5 Å². The van der Waals surface area contributed by atoms with Gasteiger partial charge < -0.3 is 19.8 Å². The normalized spacial score (nSPS) is 10.4. The Kier molecular flexibility index (Phi) is 3.41. The number of ether oxygens (including phenoxy) is 2. The Bertz CT molecular complexity index is 645. The van der Waals surface area contributed by atoms with E-state index in [1.54, 1.807) is 29.8 Å². The summed E-state index contributed by atoms with van der Waals surface area (Å²) in [7, 11) is 3.05. The van der Waals surface area contributed by atoms with Gasteiger partial charge in [0.25, 0.3) is 5.91 Å². The standard InChI is InChI=1S/C13H14N2O4/c1-15-9(13(17)18-2)6-8-4-3-5-10(12(8)15)19-7-11(14)16/h3-6H,7H2,1-2H3,(H2,14,16). The fourth-order valence-electron chi connectivity index (χ4n) is 1.95. The lowest BCUT2D eigenvalue weighted by Gasteiger charge is -2.08. The molecule has 2 N–H and O–H groups in total. The highest BCUT2D eigenvalue weighted by atomic mass is 16.5. The van der Waals surface area contributed by atoms with E-state index in [1.165, 1.54) is 7.11 Å². The number of rotatable bonds is 4. The van der Waals surface area contributed by atoms with Gasteiger partial charge in [-0.05, 0) is 12.1 Å². The molecule has 0 aliphatic carbocycles. The molecule has 0 bridgehead atoms. The molecule has 2 aromatic rings. The molecule has 0 aliphatic heterocycles. The van der Waals surface area contributed by atoms with Crippen LogP contribution in [0, 0.1) is 0 Å². The van der Waals surface area contributed by atoms with Crippen LogP contribution in [0.2, 0.25) is 0 Å². The molecule has 1 aromatic carbocycles. The first kappa shape index (κ1) is 12.9. The molecule has 0 aliphatic rings. The fourth-order valence-corrected chi connectivity index (χ4v) is 1.95. The van der Waals surface area contributed by atoms with E-state index in [1.807, 2.05) is 6.07 Å². The Hall–Kier alpha value is -2.50. The molecule has 6 heteroatoms. The summed E-state index contributed by atoms with van der Waals surface area (Å²) in [6, 6.07) is 7.04. The van der Waals surface area contributed by atoms with E-state index in [0.717, 1.165) is 5.39 Å². The van der Waals surface area contributed by atoms with Crippen LogP contribution in [0.4, 0.5) is 0 Å². The average Bonchev–Trinajstić information content (AvgIpc) is 2.73. The lowest BCUT2D eigenvalue weighted by molar-refractivity contribution is -0.119. The maximum atomic E-state index is 11.6. The number of benzene rings is 1. The third-order valence-corrected chi connectivity index (χ3v) is 2.78. The molecule has 1 amide bonds. The second-order valence-corrected chi connectivity index (χ2v) is 4.03. The van der Waals surface area contributed by atoms with E-state index < -0.39 is 11.9 Å². The minimum Gasteiger partial charge on any atom is -0.482 e. The van der Waals surface area contributed by atoms with Gasteiger partial charge in [-0.25, -0.2) is 4.79 Å². The first-order valence-electron chi connectivity index (χ1n) is 5.62. The molecule has 0 radical (unpaired) electrons. The zero-order valence-electron chi connectivity index (χ0n) is 10.7. The lowest BCUT2D eigenvalue weighted by Crippen LogP contribution is -2.20. The highest BCUT2D eigenvalue weighted by molar-refractivity contribution is 5.97. The average molecular weight is 262 g/mol. The number of aromatic nitrogens is 1. The summed E-state index contributed by atoms with van der Waals surface area (Å²) in [4.78, 5) is 22.4. The van der Waals surface area contributed by atoms with Crippen molar-refractivity contribution in [3.8, 4) is 5.75 Å². The van der Waals surface area contributed by atoms with E-state index in [9.17, 15) is 9.59 Å². The van der Waals surface area contributed by atoms with Crippen LogP contribution in [0.15, 0.2) is 24.3 Å². The number of primary amides is 1. The van der Waals surface area contributed by atoms with Crippen LogP contribution >= 0.6 is 0 Å². The summed E-state index contributed by atoms with van der Waals surface area (Å²) < 4.78 is 11.7. The fraction of sp³-hybridized carbons (Fsp3) is 0.231. The number of esters is 1. The number of hydrogen-bond donors (Lipinski definition) is 1. The number of nitrogens with zero attached hydrogens (tertiary/aromatic N) is 1. The zero-order valence-corrected chi connectivity index (χ0v) is 10.7. The van der Waals surface area contributed by atoms with E-state index in [2.05, 4.69) is 0 Å². The minimum atomic E-state index is -0.556. The van der Waals surface area contributed by atoms with Crippen molar-refractivity contribution >= 4 is 22.8 Å². The van der Waals surface area contributed by atoms with E-state index in [-0.39, 0.29) is 6.61 Å². The van der Waals surface area contributed by atoms with Gasteiger partial charge in [-0.2, -0.15) is 0 Å². The van der Waals surface area contributed by atoms with Crippen LogP contribution in [-0.2, 0) is 16.6 Å². The second-order valence-electron chi connectivity index (χ2n) is 4.03. The molecule has 1 heterocycles. The number of para-hydroxylation sites is 1. The Morgan fingerprint density at radius 3 is 2.74 bits per heavy atom. The number of hydrogen-bond acceptors (Lipinski definition) is 4. The number of carbonyl (C=O) groups excluding carboxylic acids is 2. The van der Waals surface area contributed by atoms with Crippen LogP contribution in [0.5, 0.6) is 5.75 Å². The lowest BCUT2D eigenvalue weighted by atomic mass is 10.2. The first-order valence-corrected chi connectivity index (χ1v) is 5.62. The molecule has 0 fully saturated rings. The van der Waals surface area contributed by atoms with E-state index in [0.29, 0.717) is 17.0 Å². The molecule has 0 unspecified atom stereocenters. The highest BCUT2D eigenvalue weighted by Gasteiger charge is 2.16. The predicted molar refractivity (Wildman–Crippen MR) is 68.9 cm³/mol. The summed E-state index contributed by atoms with van der Waals surface area (Å²) in [5.74, 6) is -0.493. The molecule has 6 nitrogen and oxygen atoms in total. The van der Waals surface area contributed by atoms with Gasteiger partial charge in [0, 0.05) is 12.4 Å². The number of methoxy groups -OCH3 is 1. The number of amides is 1. The Labute approximate surface area is 109 Å². The largest absolute Gasteiger partial charge is 0.482 e. The number of carbonyl (C=O) groups is 2. The molecule has 0 saturated carbocycles. The molecule has 0 spiro atoms. The van der Waals surface area contributed by atoms with Gasteiger partial charge in [-0.3, -0.25) is 4.79 Å². The van der Waals surface area contributed by atoms with Crippen LogP contribution in [-0.4, -0.2) is 30.2 Å². The third-order valence-electron chi connectivity index (χ3n) is 2.78. The van der Waals surface area contributed by atoms with Gasteiger partial charge >= 0.3 is 5.97 Å². The highest BCUT2D eigenvalue weighted by Crippen LogP contribution is 2.28. The maximum Gasteiger partial charge on any atom is 0.354 e. The van der Waals surface area contributed by atoms with Crippen molar-refractivity contribution < 1.29 is 19.1 Å². The van der Waals surface area contributed by atoms with Crippen molar-refractivity contribution in [1.82, 2.24) is 4.57 Å². The van der Waals surface area contributed by atoms with Gasteiger partial charge in [-0.15, -0.1) is 0 Å². The van der Waals surface area contributed by atoms with Gasteiger partial charge in [0.15, 0.2) is 6.61 Å². The summed E-state index contributed by atoms with van der Waals surface area (Å²) in [5.41, 5.74) is 6.17. The smallest absolute Gasteiger partial charge is 0.354 e. The van der Waals surface area contributed by atoms with E-state index >= 15 is 0 Å². The van der Waals surface area contributed by atoms with E-state index in [4.69, 9.17) is 15.2 Å². The van der Waals surface area contributed by atoms with Crippen molar-refractivity contribution in [2.45, 2.75) is 0 Å². The summed E-state index contributed by atoms with van der Waals surface area (Å²) in [5, 5.41) is 0.824. The topological polar surface area (TPSA) is 83.6 Å². The predicted octanol–water partition coefficient (Wildman–Crippen LogP) is 0.829. The van der Waals surface area contributed by atoms with Crippen molar-refractivity contribution in [1.29, 1.82) is 0 Å². The molecule has 2 rings (SSSR count). The van der Waals surface area contributed by atoms with Crippen molar-refractivity contribution in [3.63, 3.8) is 0 Å². The van der Waals surface area contributed by atoms with Gasteiger partial charge in [-0.1, -0.05) is 12.1 Å². The Morgan fingerprint density at radius 2 is 2.11 bits per heavy atom. The number of nitrogens with two attached hydrogens (primary N) is 1. The van der Waals surface area contributed by atoms with Crippen molar-refractivity contribution in [2.24, 2.45) is 12.8 Å².